The topological polar surface area (TPSA) is 119 Å². The number of nitrogens with zero attached hydrogens (tertiary/aromatic N) is 7. The molecule has 31 heavy (non-hydrogen) atoms. The fourth-order valence-electron chi connectivity index (χ4n) is 4.13. The van der Waals surface area contributed by atoms with Crippen LogP contribution in [0.15, 0.2) is 21.6 Å². The van der Waals surface area contributed by atoms with Crippen molar-refractivity contribution in [2.75, 3.05) is 75.3 Å². The van der Waals surface area contributed by atoms with Crippen LogP contribution in [0.3, 0.4) is 0 Å². The molecule has 0 bridgehead atoms. The van der Waals surface area contributed by atoms with Crippen molar-refractivity contribution in [2.45, 2.75) is 18.7 Å². The number of hydrogen-bond donors (Lipinski definition) is 1. The Balaban J connectivity index is 1.35. The molecule has 2 aromatic rings. The normalized spacial score (nSPS) is 19.2. The van der Waals surface area contributed by atoms with Gasteiger partial charge in [-0.05, 0) is 26.0 Å². The SMILES string of the molecule is Cc1noc(C)c1S(=O)(=O)N1CCN(c2ccc(N3CCN(CCO)CC3)nn2)CC1. The third-order valence-corrected chi connectivity index (χ3v) is 8.02. The number of aromatic nitrogens is 3. The van der Waals surface area contributed by atoms with Gasteiger partial charge in [-0.3, -0.25) is 4.90 Å². The zero-order valence-corrected chi connectivity index (χ0v) is 18.8. The number of aryl methyl sites for hydroxylation is 2. The Morgan fingerprint density at radius 3 is 1.94 bits per heavy atom. The van der Waals surface area contributed by atoms with Crippen LogP contribution in [0.5, 0.6) is 0 Å². The predicted molar refractivity (Wildman–Crippen MR) is 115 cm³/mol. The summed E-state index contributed by atoms with van der Waals surface area (Å²) in [6.07, 6.45) is 0. The Kier molecular flexibility index (Phi) is 6.42. The first-order valence-corrected chi connectivity index (χ1v) is 11.9. The lowest BCUT2D eigenvalue weighted by Crippen LogP contribution is -2.49. The van der Waals surface area contributed by atoms with Crippen molar-refractivity contribution in [3.63, 3.8) is 0 Å². The van der Waals surface area contributed by atoms with Crippen LogP contribution >= 0.6 is 0 Å². The molecule has 0 aromatic carbocycles. The molecule has 12 heteroatoms. The highest BCUT2D eigenvalue weighted by Crippen LogP contribution is 2.25. The highest BCUT2D eigenvalue weighted by molar-refractivity contribution is 7.89. The van der Waals surface area contributed by atoms with Gasteiger partial charge in [-0.25, -0.2) is 8.42 Å². The quantitative estimate of drug-likeness (QED) is 0.627. The van der Waals surface area contributed by atoms with Crippen molar-refractivity contribution in [3.8, 4) is 0 Å². The number of aliphatic hydroxyl groups is 1. The molecule has 2 saturated heterocycles. The molecule has 4 rings (SSSR count). The highest BCUT2D eigenvalue weighted by Gasteiger charge is 2.33. The molecule has 0 radical (unpaired) electrons. The molecule has 170 valence electrons. The molecule has 11 nitrogen and oxygen atoms in total. The molecule has 2 aliphatic heterocycles. The summed E-state index contributed by atoms with van der Waals surface area (Å²) in [7, 11) is -3.63. The second-order valence-corrected chi connectivity index (χ2v) is 9.72. The third-order valence-electron chi connectivity index (χ3n) is 5.88. The van der Waals surface area contributed by atoms with Crippen molar-refractivity contribution < 1.29 is 18.0 Å². The van der Waals surface area contributed by atoms with Crippen LogP contribution in [0, 0.1) is 13.8 Å². The van der Waals surface area contributed by atoms with Gasteiger partial charge in [-0.2, -0.15) is 4.31 Å². The standard InChI is InChI=1S/C19H29N7O4S/c1-15-19(16(2)30-22-15)31(28,29)26-11-9-25(10-12-26)18-4-3-17(20-21-18)24-7-5-23(6-8-24)13-14-27/h3-4,27H,5-14H2,1-2H3. The van der Waals surface area contributed by atoms with Gasteiger partial charge in [0.2, 0.25) is 10.0 Å². The Bertz CT molecular complexity index is 960. The lowest BCUT2D eigenvalue weighted by molar-refractivity contribution is 0.188. The molecular formula is C19H29N7O4S. The zero-order chi connectivity index (χ0) is 22.0. The van der Waals surface area contributed by atoms with E-state index in [-0.39, 0.29) is 11.5 Å². The smallest absolute Gasteiger partial charge is 0.248 e. The zero-order valence-electron chi connectivity index (χ0n) is 17.9. The maximum Gasteiger partial charge on any atom is 0.248 e. The van der Waals surface area contributed by atoms with Crippen LogP contribution in [0.25, 0.3) is 0 Å². The van der Waals surface area contributed by atoms with E-state index in [0.29, 0.717) is 44.2 Å². The number of anilines is 2. The third kappa shape index (κ3) is 4.52. The average molecular weight is 452 g/mol. The fraction of sp³-hybridized carbons (Fsp3) is 0.632. The van der Waals surface area contributed by atoms with Gasteiger partial charge in [0.15, 0.2) is 17.4 Å². The summed E-state index contributed by atoms with van der Waals surface area (Å²) in [6, 6.07) is 3.91. The highest BCUT2D eigenvalue weighted by atomic mass is 32.2. The summed E-state index contributed by atoms with van der Waals surface area (Å²) in [4.78, 5) is 6.65. The average Bonchev–Trinajstić information content (AvgIpc) is 3.13. The minimum atomic E-state index is -3.63. The number of hydrogen-bond acceptors (Lipinski definition) is 10. The van der Waals surface area contributed by atoms with Crippen LogP contribution in [-0.2, 0) is 10.0 Å². The van der Waals surface area contributed by atoms with E-state index in [1.54, 1.807) is 13.8 Å². The molecule has 0 amide bonds. The monoisotopic (exact) mass is 451 g/mol. The molecule has 0 saturated carbocycles. The second kappa shape index (κ2) is 9.07. The summed E-state index contributed by atoms with van der Waals surface area (Å²) in [5.74, 6) is 1.91. The second-order valence-electron chi connectivity index (χ2n) is 7.85. The molecule has 0 aliphatic carbocycles. The molecule has 2 aromatic heterocycles. The Morgan fingerprint density at radius 2 is 1.48 bits per heavy atom. The van der Waals surface area contributed by atoms with Crippen LogP contribution in [0.1, 0.15) is 11.5 Å². The van der Waals surface area contributed by atoms with Crippen LogP contribution in [0.2, 0.25) is 0 Å². The Morgan fingerprint density at radius 1 is 0.935 bits per heavy atom. The van der Waals surface area contributed by atoms with Crippen molar-refractivity contribution in [1.82, 2.24) is 24.6 Å². The van der Waals surface area contributed by atoms with Gasteiger partial charge in [0.25, 0.3) is 0 Å². The summed E-state index contributed by atoms with van der Waals surface area (Å²) in [5, 5.41) is 21.6. The van der Waals surface area contributed by atoms with E-state index >= 15 is 0 Å². The summed E-state index contributed by atoms with van der Waals surface area (Å²) >= 11 is 0. The summed E-state index contributed by atoms with van der Waals surface area (Å²) in [6.45, 7) is 9.45. The Hall–Kier alpha value is -2.28. The molecule has 0 atom stereocenters. The van der Waals surface area contributed by atoms with Gasteiger partial charge in [0.1, 0.15) is 10.6 Å². The molecular weight excluding hydrogens is 422 g/mol. The van der Waals surface area contributed by atoms with Crippen molar-refractivity contribution >= 4 is 21.7 Å². The van der Waals surface area contributed by atoms with Gasteiger partial charge < -0.3 is 19.4 Å². The minimum Gasteiger partial charge on any atom is -0.395 e. The van der Waals surface area contributed by atoms with E-state index in [0.717, 1.165) is 37.8 Å². The van der Waals surface area contributed by atoms with E-state index in [1.165, 1.54) is 4.31 Å². The molecule has 0 spiro atoms. The molecule has 4 heterocycles. The van der Waals surface area contributed by atoms with Crippen LogP contribution in [-0.4, -0.2) is 104 Å². The number of piperazine rings is 2. The van der Waals surface area contributed by atoms with Gasteiger partial charge >= 0.3 is 0 Å². The van der Waals surface area contributed by atoms with E-state index in [1.807, 2.05) is 12.1 Å². The number of sulfonamides is 1. The lowest BCUT2D eigenvalue weighted by Gasteiger charge is -2.36. The van der Waals surface area contributed by atoms with Crippen LogP contribution in [0.4, 0.5) is 11.6 Å². The largest absolute Gasteiger partial charge is 0.395 e. The molecule has 2 aliphatic rings. The van der Waals surface area contributed by atoms with Crippen LogP contribution < -0.4 is 9.80 Å². The van der Waals surface area contributed by atoms with E-state index in [2.05, 4.69) is 30.1 Å². The first-order chi connectivity index (χ1) is 14.9. The summed E-state index contributed by atoms with van der Waals surface area (Å²) < 4.78 is 32.5. The van der Waals surface area contributed by atoms with Gasteiger partial charge in [-0.15, -0.1) is 10.2 Å². The predicted octanol–water partition coefficient (Wildman–Crippen LogP) is -0.293. The lowest BCUT2D eigenvalue weighted by atomic mass is 10.3. The number of aliphatic hydroxyl groups excluding tert-OH is 1. The Labute approximate surface area is 182 Å². The maximum atomic E-state index is 13.0. The number of β-amino-alcohol motifs (C(OH)–C–C–N with tert-alkyl or cyclic N) is 1. The molecule has 2 fully saturated rings. The molecule has 0 unspecified atom stereocenters. The number of rotatable bonds is 6. The van der Waals surface area contributed by atoms with E-state index in [4.69, 9.17) is 9.63 Å². The van der Waals surface area contributed by atoms with Crippen molar-refractivity contribution in [1.29, 1.82) is 0 Å². The summed E-state index contributed by atoms with van der Waals surface area (Å²) in [5.41, 5.74) is 0.388. The fourth-order valence-corrected chi connectivity index (χ4v) is 5.84. The first-order valence-electron chi connectivity index (χ1n) is 10.5. The van der Waals surface area contributed by atoms with E-state index in [9.17, 15) is 8.42 Å². The maximum absolute atomic E-state index is 13.0. The van der Waals surface area contributed by atoms with Crippen molar-refractivity contribution in [2.24, 2.45) is 0 Å². The molecule has 1 N–H and O–H groups in total. The van der Waals surface area contributed by atoms with E-state index < -0.39 is 10.0 Å². The minimum absolute atomic E-state index is 0.171. The van der Waals surface area contributed by atoms with Gasteiger partial charge in [0, 0.05) is 58.9 Å². The van der Waals surface area contributed by atoms with Crippen molar-refractivity contribution in [3.05, 3.63) is 23.6 Å². The van der Waals surface area contributed by atoms with Gasteiger partial charge in [0.05, 0.1) is 6.61 Å². The van der Waals surface area contributed by atoms with Gasteiger partial charge in [-0.1, -0.05) is 5.16 Å². The first kappa shape index (κ1) is 21.9.